The number of aromatic nitrogens is 1. The highest BCUT2D eigenvalue weighted by Crippen LogP contribution is 2.13. The summed E-state index contributed by atoms with van der Waals surface area (Å²) in [4.78, 5) is 14.7. The van der Waals surface area contributed by atoms with E-state index in [2.05, 4.69) is 4.98 Å². The summed E-state index contributed by atoms with van der Waals surface area (Å²) in [5.41, 5.74) is 0.440. The molecule has 13 heavy (non-hydrogen) atoms. The van der Waals surface area contributed by atoms with Crippen molar-refractivity contribution in [3.63, 3.8) is 0 Å². The number of carbonyl (C=O) groups excluding carboxylic acids is 1. The molecule has 0 atom stereocenters. The Labute approximate surface area is 76.2 Å². The minimum atomic E-state index is -0.612. The second-order valence-electron chi connectivity index (χ2n) is 2.37. The highest BCUT2D eigenvalue weighted by atomic mass is 16.5. The molecule has 0 saturated carbocycles. The third-order valence-corrected chi connectivity index (χ3v) is 1.57. The lowest BCUT2D eigenvalue weighted by atomic mass is 10.1. The normalized spacial score (nSPS) is 9.77. The molecule has 0 fully saturated rings. The standard InChI is InChI=1S/C9H9NO3/c1-6(12)7-3-4-9(13-2)10-8(7)5-11/h1,3-4,11H,5H2,2H3. The van der Waals surface area contributed by atoms with E-state index in [0.29, 0.717) is 5.88 Å². The lowest BCUT2D eigenvalue weighted by Crippen LogP contribution is -2.03. The van der Waals surface area contributed by atoms with Gasteiger partial charge in [0.1, 0.15) is 0 Å². The maximum atomic E-state index is 10.8. The molecule has 1 N–H and O–H groups in total. The van der Waals surface area contributed by atoms with E-state index in [0.717, 1.165) is 0 Å². The van der Waals surface area contributed by atoms with Gasteiger partial charge in [0.15, 0.2) is 5.78 Å². The molecule has 0 aliphatic heterocycles. The number of hydrogen-bond donors (Lipinski definition) is 1. The topological polar surface area (TPSA) is 59.4 Å². The van der Waals surface area contributed by atoms with Crippen molar-refractivity contribution in [3.8, 4) is 5.88 Å². The number of aliphatic hydroxyl groups is 1. The molecule has 1 heterocycles. The average molecular weight is 179 g/mol. The number of methoxy groups -OCH3 is 1. The molecule has 1 aromatic rings. The highest BCUT2D eigenvalue weighted by Gasteiger charge is 2.08. The van der Waals surface area contributed by atoms with E-state index in [1.807, 2.05) is 0 Å². The van der Waals surface area contributed by atoms with Crippen LogP contribution in [0, 0.1) is 6.92 Å². The van der Waals surface area contributed by atoms with Crippen molar-refractivity contribution in [3.05, 3.63) is 30.3 Å². The molecule has 68 valence electrons. The van der Waals surface area contributed by atoms with E-state index in [-0.39, 0.29) is 17.9 Å². The molecule has 2 radical (unpaired) electrons. The fraction of sp³-hybridized carbons (Fsp3) is 0.222. The Bertz CT molecular complexity index is 323. The molecule has 0 spiro atoms. The highest BCUT2D eigenvalue weighted by molar-refractivity contribution is 6.00. The zero-order valence-electron chi connectivity index (χ0n) is 7.15. The van der Waals surface area contributed by atoms with Crippen LogP contribution in [0.15, 0.2) is 12.1 Å². The van der Waals surface area contributed by atoms with Gasteiger partial charge in [0, 0.05) is 18.6 Å². The number of rotatable bonds is 3. The van der Waals surface area contributed by atoms with Crippen LogP contribution in [-0.2, 0) is 6.61 Å². The van der Waals surface area contributed by atoms with Crippen molar-refractivity contribution in [1.29, 1.82) is 0 Å². The Morgan fingerprint density at radius 2 is 2.38 bits per heavy atom. The van der Waals surface area contributed by atoms with Gasteiger partial charge in [-0.1, -0.05) is 0 Å². The smallest absolute Gasteiger partial charge is 0.213 e. The van der Waals surface area contributed by atoms with Crippen molar-refractivity contribution < 1.29 is 14.6 Å². The van der Waals surface area contributed by atoms with Gasteiger partial charge in [0.2, 0.25) is 5.88 Å². The van der Waals surface area contributed by atoms with Crippen LogP contribution in [0.4, 0.5) is 0 Å². The third kappa shape index (κ3) is 2.03. The number of aliphatic hydroxyl groups excluding tert-OH is 1. The van der Waals surface area contributed by atoms with Crippen molar-refractivity contribution in [1.82, 2.24) is 4.98 Å². The zero-order valence-corrected chi connectivity index (χ0v) is 7.15. The van der Waals surface area contributed by atoms with Crippen LogP contribution in [0.5, 0.6) is 5.88 Å². The van der Waals surface area contributed by atoms with Crippen molar-refractivity contribution >= 4 is 5.78 Å². The molecule has 0 amide bonds. The summed E-state index contributed by atoms with van der Waals surface area (Å²) in [5.74, 6) is -0.270. The summed E-state index contributed by atoms with van der Waals surface area (Å²) < 4.78 is 4.82. The second kappa shape index (κ2) is 4.00. The SMILES string of the molecule is [CH]C(=O)c1ccc(OC)nc1CO. The fourth-order valence-electron chi connectivity index (χ4n) is 0.940. The Morgan fingerprint density at radius 1 is 1.69 bits per heavy atom. The Hall–Kier alpha value is -1.42. The van der Waals surface area contributed by atoms with Gasteiger partial charge in [0.25, 0.3) is 0 Å². The second-order valence-corrected chi connectivity index (χ2v) is 2.37. The van der Waals surface area contributed by atoms with E-state index >= 15 is 0 Å². The predicted octanol–water partition coefficient (Wildman–Crippen LogP) is 0.476. The average Bonchev–Trinajstić information content (AvgIpc) is 2.16. The molecule has 4 nitrogen and oxygen atoms in total. The van der Waals surface area contributed by atoms with Crippen LogP contribution in [0.1, 0.15) is 16.1 Å². The number of Topliss-reactive ketones (excluding diaryl/α,β-unsaturated/α-hetero) is 1. The Kier molecular flexibility index (Phi) is 2.97. The molecule has 0 unspecified atom stereocenters. The first-order valence-corrected chi connectivity index (χ1v) is 3.63. The first-order valence-electron chi connectivity index (χ1n) is 3.63. The fourth-order valence-corrected chi connectivity index (χ4v) is 0.940. The van der Waals surface area contributed by atoms with E-state index in [1.54, 1.807) is 0 Å². The van der Waals surface area contributed by atoms with Crippen molar-refractivity contribution in [2.24, 2.45) is 0 Å². The largest absolute Gasteiger partial charge is 0.481 e. The lowest BCUT2D eigenvalue weighted by molar-refractivity contribution is 0.104. The van der Waals surface area contributed by atoms with E-state index in [4.69, 9.17) is 16.8 Å². The van der Waals surface area contributed by atoms with Gasteiger partial charge in [-0.15, -0.1) is 0 Å². The first-order chi connectivity index (χ1) is 6.19. The Balaban J connectivity index is 3.15. The van der Waals surface area contributed by atoms with Crippen molar-refractivity contribution in [2.45, 2.75) is 6.61 Å². The number of carbonyl (C=O) groups is 1. The summed E-state index contributed by atoms with van der Waals surface area (Å²) in [6.07, 6.45) is 0. The van der Waals surface area contributed by atoms with Crippen LogP contribution in [0.25, 0.3) is 0 Å². The molecule has 0 saturated heterocycles. The minimum absolute atomic E-state index is 0.211. The summed E-state index contributed by atoms with van der Waals surface area (Å²) in [6, 6.07) is 2.99. The van der Waals surface area contributed by atoms with Crippen LogP contribution in [0.2, 0.25) is 0 Å². The maximum absolute atomic E-state index is 10.8. The molecule has 4 heteroatoms. The minimum Gasteiger partial charge on any atom is -0.481 e. The number of ketones is 1. The number of hydrogen-bond acceptors (Lipinski definition) is 4. The molecule has 0 aromatic carbocycles. The summed E-state index contributed by atoms with van der Waals surface area (Å²) >= 11 is 0. The summed E-state index contributed by atoms with van der Waals surface area (Å²) in [6.45, 7) is 4.71. The van der Waals surface area contributed by atoms with Crippen LogP contribution in [0.3, 0.4) is 0 Å². The van der Waals surface area contributed by atoms with Gasteiger partial charge < -0.3 is 9.84 Å². The van der Waals surface area contributed by atoms with Gasteiger partial charge in [-0.05, 0) is 6.07 Å². The van der Waals surface area contributed by atoms with Gasteiger partial charge in [-0.3, -0.25) is 4.79 Å². The maximum Gasteiger partial charge on any atom is 0.213 e. The number of nitrogens with zero attached hydrogens (tertiary/aromatic N) is 1. The number of ether oxygens (including phenoxy) is 1. The van der Waals surface area contributed by atoms with Gasteiger partial charge >= 0.3 is 0 Å². The van der Waals surface area contributed by atoms with Gasteiger partial charge in [0.05, 0.1) is 19.4 Å². The van der Waals surface area contributed by atoms with Gasteiger partial charge in [-0.2, -0.15) is 0 Å². The van der Waals surface area contributed by atoms with Crippen LogP contribution >= 0.6 is 0 Å². The predicted molar refractivity (Wildman–Crippen MR) is 45.3 cm³/mol. The Morgan fingerprint density at radius 3 is 2.85 bits per heavy atom. The first kappa shape index (κ1) is 9.67. The van der Waals surface area contributed by atoms with Crippen LogP contribution < -0.4 is 4.74 Å². The van der Waals surface area contributed by atoms with Gasteiger partial charge in [-0.25, -0.2) is 4.98 Å². The zero-order chi connectivity index (χ0) is 9.84. The lowest BCUT2D eigenvalue weighted by Gasteiger charge is -2.04. The summed E-state index contributed by atoms with van der Waals surface area (Å²) in [7, 11) is 1.45. The quantitative estimate of drug-likeness (QED) is 0.685. The van der Waals surface area contributed by atoms with E-state index in [9.17, 15) is 4.79 Å². The monoisotopic (exact) mass is 179 g/mol. The molecular weight excluding hydrogens is 170 g/mol. The molecule has 1 aromatic heterocycles. The van der Waals surface area contributed by atoms with Crippen molar-refractivity contribution in [2.75, 3.05) is 7.11 Å². The number of pyridine rings is 1. The van der Waals surface area contributed by atoms with E-state index < -0.39 is 5.78 Å². The van der Waals surface area contributed by atoms with Crippen LogP contribution in [-0.4, -0.2) is 23.0 Å². The molecule has 0 bridgehead atoms. The third-order valence-electron chi connectivity index (χ3n) is 1.57. The molecule has 1 rings (SSSR count). The summed E-state index contributed by atoms with van der Waals surface area (Å²) in [5, 5.41) is 8.86. The molecule has 0 aliphatic rings. The molecular formula is C9H9NO3. The van der Waals surface area contributed by atoms with E-state index in [1.165, 1.54) is 19.2 Å². The molecule has 0 aliphatic carbocycles.